The molecule has 2 aliphatic heterocycles. The van der Waals surface area contributed by atoms with Crippen LogP contribution in [0.25, 0.3) is 0 Å². The molecule has 13 heteroatoms. The highest BCUT2D eigenvalue weighted by Crippen LogP contribution is 2.30. The number of carbonyl (C=O) groups excluding carboxylic acids is 1. The Labute approximate surface area is 192 Å². The summed E-state index contributed by atoms with van der Waals surface area (Å²) in [6, 6.07) is 9.44. The van der Waals surface area contributed by atoms with E-state index in [-0.39, 0.29) is 45.0 Å². The Hall–Kier alpha value is -2.74. The molecule has 1 atom stereocenters. The van der Waals surface area contributed by atoms with E-state index >= 15 is 0 Å². The molecule has 4 rings (SSSR count). The van der Waals surface area contributed by atoms with Crippen molar-refractivity contribution < 1.29 is 45.0 Å². The second kappa shape index (κ2) is 9.13. The van der Waals surface area contributed by atoms with Crippen molar-refractivity contribution in [2.45, 2.75) is 17.0 Å². The van der Waals surface area contributed by atoms with E-state index in [1.165, 1.54) is 29.2 Å². The van der Waals surface area contributed by atoms with Crippen LogP contribution in [0.15, 0.2) is 53.4 Å². The van der Waals surface area contributed by atoms with E-state index in [9.17, 15) is 30.8 Å². The number of hydrogen-bond acceptors (Lipinski definition) is 6. The van der Waals surface area contributed by atoms with Crippen LogP contribution in [0.1, 0.15) is 10.4 Å². The van der Waals surface area contributed by atoms with Crippen LogP contribution < -0.4 is 4.74 Å². The molecule has 0 N–H and O–H groups in total. The molecule has 8 nitrogen and oxygen atoms in total. The number of ether oxygens (including phenoxy) is 3. The number of sulfonamides is 1. The molecule has 0 saturated carbocycles. The summed E-state index contributed by atoms with van der Waals surface area (Å²) in [6.45, 7) is -0.281. The van der Waals surface area contributed by atoms with Crippen LogP contribution in [-0.2, 0) is 19.5 Å². The maximum Gasteiger partial charge on any atom is 0.573 e. The number of halogens is 4. The highest BCUT2D eigenvalue weighted by atomic mass is 32.2. The summed E-state index contributed by atoms with van der Waals surface area (Å²) in [5.74, 6) is -3.32. The zero-order chi connectivity index (χ0) is 24.6. The van der Waals surface area contributed by atoms with E-state index in [0.717, 1.165) is 28.6 Å². The normalized spacial score (nSPS) is 22.1. The number of carbonyl (C=O) groups is 1. The van der Waals surface area contributed by atoms with E-state index in [1.54, 1.807) is 0 Å². The third-order valence-electron chi connectivity index (χ3n) is 5.36. The Morgan fingerprint density at radius 3 is 2.26 bits per heavy atom. The average molecular weight is 504 g/mol. The largest absolute Gasteiger partial charge is 0.573 e. The van der Waals surface area contributed by atoms with Crippen molar-refractivity contribution >= 4 is 15.9 Å². The Morgan fingerprint density at radius 1 is 0.971 bits per heavy atom. The van der Waals surface area contributed by atoms with Crippen LogP contribution in [0.4, 0.5) is 17.6 Å². The molecule has 1 unspecified atom stereocenters. The third-order valence-corrected chi connectivity index (χ3v) is 7.24. The lowest BCUT2D eigenvalue weighted by molar-refractivity contribution is -0.279. The highest BCUT2D eigenvalue weighted by Gasteiger charge is 2.46. The van der Waals surface area contributed by atoms with Crippen molar-refractivity contribution in [2.75, 3.05) is 39.4 Å². The van der Waals surface area contributed by atoms with Gasteiger partial charge in [-0.15, -0.1) is 13.2 Å². The maximum atomic E-state index is 14.2. The van der Waals surface area contributed by atoms with Crippen LogP contribution >= 0.6 is 0 Å². The van der Waals surface area contributed by atoms with Crippen molar-refractivity contribution in [2.24, 2.45) is 0 Å². The Kier molecular flexibility index (Phi) is 6.55. The van der Waals surface area contributed by atoms with E-state index < -0.39 is 44.5 Å². The molecule has 184 valence electrons. The minimum atomic E-state index is -4.85. The Morgan fingerprint density at radius 2 is 1.62 bits per heavy atom. The summed E-state index contributed by atoms with van der Waals surface area (Å²) in [6.07, 6.45) is -4.85. The van der Waals surface area contributed by atoms with Gasteiger partial charge in [0.05, 0.1) is 26.3 Å². The van der Waals surface area contributed by atoms with Crippen LogP contribution in [0.3, 0.4) is 0 Å². The van der Waals surface area contributed by atoms with Gasteiger partial charge >= 0.3 is 6.36 Å². The Bertz CT molecular complexity index is 1150. The number of nitrogens with zero attached hydrogens (tertiary/aromatic N) is 2. The second-order valence-electron chi connectivity index (χ2n) is 7.68. The van der Waals surface area contributed by atoms with Crippen LogP contribution in [-0.4, -0.2) is 75.1 Å². The fourth-order valence-electron chi connectivity index (χ4n) is 3.82. The maximum absolute atomic E-state index is 14.2. The predicted molar refractivity (Wildman–Crippen MR) is 109 cm³/mol. The van der Waals surface area contributed by atoms with Crippen molar-refractivity contribution in [3.8, 4) is 5.75 Å². The zero-order valence-electron chi connectivity index (χ0n) is 17.6. The van der Waals surface area contributed by atoms with Gasteiger partial charge in [-0.1, -0.05) is 12.1 Å². The lowest BCUT2D eigenvalue weighted by Crippen LogP contribution is -2.63. The van der Waals surface area contributed by atoms with Gasteiger partial charge in [0.25, 0.3) is 5.91 Å². The topological polar surface area (TPSA) is 85.4 Å². The summed E-state index contributed by atoms with van der Waals surface area (Å²) < 4.78 is 93.5. The van der Waals surface area contributed by atoms with Gasteiger partial charge in [0.1, 0.15) is 16.5 Å². The summed E-state index contributed by atoms with van der Waals surface area (Å²) >= 11 is 0. The van der Waals surface area contributed by atoms with Gasteiger partial charge in [-0.3, -0.25) is 4.79 Å². The average Bonchev–Trinajstić information content (AvgIpc) is 2.78. The molecule has 34 heavy (non-hydrogen) atoms. The second-order valence-corrected chi connectivity index (χ2v) is 9.58. The van der Waals surface area contributed by atoms with Crippen molar-refractivity contribution in [1.82, 2.24) is 9.21 Å². The number of morpholine rings is 2. The number of hydrogen-bond donors (Lipinski definition) is 0. The van der Waals surface area contributed by atoms with Gasteiger partial charge in [0, 0.05) is 18.7 Å². The SMILES string of the molecule is O=C(c1ccc(OC(F)(F)F)cc1)N1CCOC2(C1)CN(S(=O)(=O)c1ccccc1F)CCO2. The molecule has 0 radical (unpaired) electrons. The molecule has 1 amide bonds. The molecular weight excluding hydrogens is 484 g/mol. The fraction of sp³-hybridized carbons (Fsp3) is 0.381. The van der Waals surface area contributed by atoms with Gasteiger partial charge in [-0.2, -0.15) is 4.31 Å². The molecule has 0 aliphatic carbocycles. The van der Waals surface area contributed by atoms with E-state index in [0.29, 0.717) is 0 Å². The number of benzene rings is 2. The molecule has 2 heterocycles. The first-order chi connectivity index (χ1) is 16.0. The summed E-state index contributed by atoms with van der Waals surface area (Å²) in [7, 11) is -4.19. The predicted octanol–water partition coefficient (Wildman–Crippen LogP) is 2.61. The van der Waals surface area contributed by atoms with Crippen LogP contribution in [0, 0.1) is 5.82 Å². The van der Waals surface area contributed by atoms with Gasteiger partial charge in [-0.25, -0.2) is 12.8 Å². The summed E-state index contributed by atoms with van der Waals surface area (Å²) in [4.78, 5) is 13.8. The van der Waals surface area contributed by atoms with E-state index in [4.69, 9.17) is 9.47 Å². The number of amides is 1. The van der Waals surface area contributed by atoms with Gasteiger partial charge in [0.2, 0.25) is 10.0 Å². The van der Waals surface area contributed by atoms with Gasteiger partial charge < -0.3 is 19.1 Å². The first kappa shape index (κ1) is 24.4. The highest BCUT2D eigenvalue weighted by molar-refractivity contribution is 7.89. The first-order valence-corrected chi connectivity index (χ1v) is 11.6. The van der Waals surface area contributed by atoms with Gasteiger partial charge in [-0.05, 0) is 36.4 Å². The fourth-order valence-corrected chi connectivity index (χ4v) is 5.35. The van der Waals surface area contributed by atoms with Crippen molar-refractivity contribution in [3.63, 3.8) is 0 Å². The zero-order valence-corrected chi connectivity index (χ0v) is 18.4. The molecule has 2 aromatic rings. The monoisotopic (exact) mass is 504 g/mol. The number of alkyl halides is 3. The minimum absolute atomic E-state index is 0.0314. The molecule has 2 fully saturated rings. The molecular formula is C21H20F4N2O6S. The van der Waals surface area contributed by atoms with Gasteiger partial charge in [0.15, 0.2) is 5.79 Å². The van der Waals surface area contributed by atoms with Crippen molar-refractivity contribution in [1.29, 1.82) is 0 Å². The summed E-state index contributed by atoms with van der Waals surface area (Å²) in [5.41, 5.74) is 0.109. The van der Waals surface area contributed by atoms with Crippen LogP contribution in [0.2, 0.25) is 0 Å². The van der Waals surface area contributed by atoms with E-state index in [1.807, 2.05) is 0 Å². The van der Waals surface area contributed by atoms with E-state index in [2.05, 4.69) is 4.74 Å². The molecule has 1 spiro atoms. The third kappa shape index (κ3) is 5.17. The number of rotatable bonds is 4. The summed E-state index contributed by atoms with van der Waals surface area (Å²) in [5, 5.41) is 0. The van der Waals surface area contributed by atoms with Crippen LogP contribution in [0.5, 0.6) is 5.75 Å². The smallest absolute Gasteiger partial charge is 0.406 e. The standard InChI is InChI=1S/C21H20F4N2O6S/c22-17-3-1-2-4-18(17)34(29,30)27-10-12-32-20(14-27)13-26(9-11-31-20)19(28)15-5-7-16(8-6-15)33-21(23,24)25/h1-8H,9-14H2. The molecule has 2 aliphatic rings. The molecule has 0 aromatic heterocycles. The minimum Gasteiger partial charge on any atom is -0.406 e. The molecule has 2 saturated heterocycles. The van der Waals surface area contributed by atoms with Crippen molar-refractivity contribution in [3.05, 3.63) is 59.9 Å². The molecule has 2 aromatic carbocycles. The molecule has 0 bridgehead atoms. The quantitative estimate of drug-likeness (QED) is 0.596. The lowest BCUT2D eigenvalue weighted by atomic mass is 10.1. The Balaban J connectivity index is 1.49. The lowest BCUT2D eigenvalue weighted by Gasteiger charge is -2.46. The first-order valence-electron chi connectivity index (χ1n) is 10.2.